The molecule has 0 saturated heterocycles. The molecule has 7 heteroatoms. The molecule has 1 heterocycles. The Morgan fingerprint density at radius 2 is 2.04 bits per heavy atom. The Labute approximate surface area is 160 Å². The second-order valence-electron chi connectivity index (χ2n) is 5.06. The van der Waals surface area contributed by atoms with E-state index in [2.05, 4.69) is 33.8 Å². The van der Waals surface area contributed by atoms with Gasteiger partial charge in [-0.3, -0.25) is 4.99 Å². The largest absolute Gasteiger partial charge is 0.383 e. The standard InChI is InChI=1S/C17H25N5O.HI/c1-3-18-17(20-11-12-23-2)19-10-9-15-13-21-22(14-15)16-7-5-4-6-8-16;/h4-8,13-14H,3,9-12H2,1-2H3,(H2,18,19,20);1H. The molecular formula is C17H26IN5O. The van der Waals surface area contributed by atoms with Crippen LogP contribution in [0, 0.1) is 0 Å². The summed E-state index contributed by atoms with van der Waals surface area (Å²) in [6, 6.07) is 10.1. The second kappa shape index (κ2) is 11.9. The van der Waals surface area contributed by atoms with E-state index in [0.29, 0.717) is 13.2 Å². The molecule has 0 atom stereocenters. The van der Waals surface area contributed by atoms with Gasteiger partial charge in [0.25, 0.3) is 0 Å². The molecule has 0 amide bonds. The predicted octanol–water partition coefficient (Wildman–Crippen LogP) is 2.23. The third kappa shape index (κ3) is 6.88. The van der Waals surface area contributed by atoms with Crippen molar-refractivity contribution in [3.63, 3.8) is 0 Å². The summed E-state index contributed by atoms with van der Waals surface area (Å²) in [7, 11) is 1.68. The van der Waals surface area contributed by atoms with E-state index in [1.54, 1.807) is 7.11 Å². The number of benzene rings is 1. The lowest BCUT2D eigenvalue weighted by atomic mass is 10.2. The number of aromatic nitrogens is 2. The molecule has 0 saturated carbocycles. The second-order valence-corrected chi connectivity index (χ2v) is 5.06. The lowest BCUT2D eigenvalue weighted by molar-refractivity contribution is 0.208. The minimum absolute atomic E-state index is 0. The summed E-state index contributed by atoms with van der Waals surface area (Å²) in [4.78, 5) is 4.44. The van der Waals surface area contributed by atoms with Crippen LogP contribution in [0.25, 0.3) is 5.69 Å². The van der Waals surface area contributed by atoms with E-state index in [9.17, 15) is 0 Å². The third-order valence-corrected chi connectivity index (χ3v) is 3.27. The number of guanidine groups is 1. The first kappa shape index (κ1) is 20.4. The summed E-state index contributed by atoms with van der Waals surface area (Å²) in [6.45, 7) is 4.97. The number of halogens is 1. The first-order chi connectivity index (χ1) is 11.3. The third-order valence-electron chi connectivity index (χ3n) is 3.27. The van der Waals surface area contributed by atoms with Crippen molar-refractivity contribution in [3.8, 4) is 5.69 Å². The van der Waals surface area contributed by atoms with Crippen LogP contribution in [0.2, 0.25) is 0 Å². The Morgan fingerprint density at radius 3 is 2.75 bits per heavy atom. The maximum Gasteiger partial charge on any atom is 0.191 e. The first-order valence-electron chi connectivity index (χ1n) is 7.93. The van der Waals surface area contributed by atoms with E-state index >= 15 is 0 Å². The Morgan fingerprint density at radius 1 is 1.25 bits per heavy atom. The fourth-order valence-corrected chi connectivity index (χ4v) is 2.13. The highest BCUT2D eigenvalue weighted by atomic mass is 127. The highest BCUT2D eigenvalue weighted by Gasteiger charge is 2.02. The van der Waals surface area contributed by atoms with Gasteiger partial charge in [-0.2, -0.15) is 5.10 Å². The Hall–Kier alpha value is -1.61. The van der Waals surface area contributed by atoms with Gasteiger partial charge in [-0.25, -0.2) is 4.68 Å². The number of rotatable bonds is 8. The molecule has 0 aliphatic rings. The van der Waals surface area contributed by atoms with Crippen molar-refractivity contribution < 1.29 is 4.74 Å². The van der Waals surface area contributed by atoms with Gasteiger partial charge in [-0.15, -0.1) is 24.0 Å². The number of nitrogens with zero attached hydrogens (tertiary/aromatic N) is 3. The number of ether oxygens (including phenoxy) is 1. The van der Waals surface area contributed by atoms with Crippen molar-refractivity contribution in [3.05, 3.63) is 48.3 Å². The van der Waals surface area contributed by atoms with Crippen molar-refractivity contribution in [1.29, 1.82) is 0 Å². The topological polar surface area (TPSA) is 63.5 Å². The minimum atomic E-state index is 0. The van der Waals surface area contributed by atoms with E-state index in [-0.39, 0.29) is 24.0 Å². The molecule has 1 aromatic heterocycles. The molecule has 0 spiro atoms. The maximum absolute atomic E-state index is 5.02. The van der Waals surface area contributed by atoms with Gasteiger partial charge in [0, 0.05) is 26.4 Å². The maximum atomic E-state index is 5.02. The van der Waals surface area contributed by atoms with Crippen LogP contribution in [0.5, 0.6) is 0 Å². The Bertz CT molecular complexity index is 600. The van der Waals surface area contributed by atoms with Gasteiger partial charge in [0.2, 0.25) is 0 Å². The zero-order valence-corrected chi connectivity index (χ0v) is 16.6. The van der Waals surface area contributed by atoms with Crippen molar-refractivity contribution in [1.82, 2.24) is 20.4 Å². The zero-order chi connectivity index (χ0) is 16.3. The van der Waals surface area contributed by atoms with E-state index < -0.39 is 0 Å². The Balaban J connectivity index is 0.00000288. The average Bonchev–Trinajstić information content (AvgIpc) is 3.05. The molecular weight excluding hydrogens is 417 g/mol. The molecule has 1 aromatic carbocycles. The first-order valence-corrected chi connectivity index (χ1v) is 7.93. The molecule has 0 fully saturated rings. The molecule has 0 aliphatic heterocycles. The normalized spacial score (nSPS) is 11.0. The lowest BCUT2D eigenvalue weighted by Gasteiger charge is -2.10. The van der Waals surface area contributed by atoms with Gasteiger partial charge in [-0.1, -0.05) is 18.2 Å². The number of hydrogen-bond acceptors (Lipinski definition) is 3. The number of nitrogens with one attached hydrogen (secondary N) is 2. The van der Waals surface area contributed by atoms with E-state index in [0.717, 1.165) is 31.2 Å². The van der Waals surface area contributed by atoms with Gasteiger partial charge < -0.3 is 15.4 Å². The fourth-order valence-electron chi connectivity index (χ4n) is 2.13. The fraction of sp³-hybridized carbons (Fsp3) is 0.412. The van der Waals surface area contributed by atoms with E-state index in [1.807, 2.05) is 41.2 Å². The van der Waals surface area contributed by atoms with E-state index in [1.165, 1.54) is 5.56 Å². The van der Waals surface area contributed by atoms with Crippen molar-refractivity contribution in [2.75, 3.05) is 33.4 Å². The summed E-state index contributed by atoms with van der Waals surface area (Å²) in [5.74, 6) is 0.819. The summed E-state index contributed by atoms with van der Waals surface area (Å²) in [6.07, 6.45) is 4.86. The summed E-state index contributed by atoms with van der Waals surface area (Å²) in [5, 5.41) is 11.0. The SMILES string of the molecule is CCNC(=NCCOC)NCCc1cnn(-c2ccccc2)c1.I. The van der Waals surface area contributed by atoms with Crippen LogP contribution >= 0.6 is 24.0 Å². The van der Waals surface area contributed by atoms with Gasteiger partial charge in [0.05, 0.1) is 25.0 Å². The molecule has 24 heavy (non-hydrogen) atoms. The quantitative estimate of drug-likeness (QED) is 0.284. The molecule has 2 rings (SSSR count). The highest BCUT2D eigenvalue weighted by Crippen LogP contribution is 2.07. The number of methoxy groups -OCH3 is 1. The molecule has 0 radical (unpaired) electrons. The van der Waals surface area contributed by atoms with Crippen LogP contribution in [-0.2, 0) is 11.2 Å². The lowest BCUT2D eigenvalue weighted by Crippen LogP contribution is -2.38. The van der Waals surface area contributed by atoms with E-state index in [4.69, 9.17) is 4.74 Å². The average molecular weight is 443 g/mol. The van der Waals surface area contributed by atoms with Crippen LogP contribution in [-0.4, -0.2) is 49.1 Å². The predicted molar refractivity (Wildman–Crippen MR) is 109 cm³/mol. The molecule has 2 N–H and O–H groups in total. The molecule has 0 bridgehead atoms. The Kier molecular flexibility index (Phi) is 10.1. The minimum Gasteiger partial charge on any atom is -0.383 e. The van der Waals surface area contributed by atoms with Crippen LogP contribution < -0.4 is 10.6 Å². The van der Waals surface area contributed by atoms with Gasteiger partial charge in [0.1, 0.15) is 0 Å². The highest BCUT2D eigenvalue weighted by molar-refractivity contribution is 14.0. The summed E-state index contributed by atoms with van der Waals surface area (Å²) >= 11 is 0. The van der Waals surface area contributed by atoms with Gasteiger partial charge in [0.15, 0.2) is 5.96 Å². The van der Waals surface area contributed by atoms with Crippen LogP contribution in [0.15, 0.2) is 47.7 Å². The summed E-state index contributed by atoms with van der Waals surface area (Å²) in [5.41, 5.74) is 2.26. The van der Waals surface area contributed by atoms with Crippen LogP contribution in [0.4, 0.5) is 0 Å². The van der Waals surface area contributed by atoms with Crippen molar-refractivity contribution >= 4 is 29.9 Å². The smallest absolute Gasteiger partial charge is 0.191 e. The van der Waals surface area contributed by atoms with Crippen molar-refractivity contribution in [2.24, 2.45) is 4.99 Å². The van der Waals surface area contributed by atoms with Crippen LogP contribution in [0.3, 0.4) is 0 Å². The molecule has 6 nitrogen and oxygen atoms in total. The van der Waals surface area contributed by atoms with Crippen LogP contribution in [0.1, 0.15) is 12.5 Å². The van der Waals surface area contributed by atoms with Crippen molar-refractivity contribution in [2.45, 2.75) is 13.3 Å². The summed E-state index contributed by atoms with van der Waals surface area (Å²) < 4.78 is 6.91. The molecule has 2 aromatic rings. The number of aliphatic imine (C=N–C) groups is 1. The number of para-hydroxylation sites is 1. The molecule has 132 valence electrons. The molecule has 0 unspecified atom stereocenters. The zero-order valence-electron chi connectivity index (χ0n) is 14.2. The van der Waals surface area contributed by atoms with Gasteiger partial charge in [-0.05, 0) is 31.0 Å². The van der Waals surface area contributed by atoms with Gasteiger partial charge >= 0.3 is 0 Å². The number of hydrogen-bond donors (Lipinski definition) is 2. The monoisotopic (exact) mass is 443 g/mol. The molecule has 0 aliphatic carbocycles.